The Morgan fingerprint density at radius 1 is 1.24 bits per heavy atom. The highest BCUT2D eigenvalue weighted by molar-refractivity contribution is 14.0. The average molecular weight is 425 g/mol. The number of thioether (sulfide) groups is 1. The minimum absolute atomic E-state index is 0. The zero-order valence-electron chi connectivity index (χ0n) is 11.5. The number of benzene rings is 1. The highest BCUT2D eigenvalue weighted by atomic mass is 127. The van der Waals surface area contributed by atoms with Gasteiger partial charge < -0.3 is 10.6 Å². The molecule has 2 fully saturated rings. The molecule has 1 heterocycles. The van der Waals surface area contributed by atoms with E-state index in [9.17, 15) is 8.78 Å². The molecule has 0 aromatic heterocycles. The summed E-state index contributed by atoms with van der Waals surface area (Å²) in [5.74, 6) is 1.46. The second kappa shape index (κ2) is 7.13. The van der Waals surface area contributed by atoms with Crippen molar-refractivity contribution in [3.05, 3.63) is 35.4 Å². The van der Waals surface area contributed by atoms with Crippen LogP contribution in [0.3, 0.4) is 0 Å². The molecule has 3 rings (SSSR count). The molecule has 3 nitrogen and oxygen atoms in total. The predicted molar refractivity (Wildman–Crippen MR) is 93.4 cm³/mol. The number of nitrogens with two attached hydrogens (primary N) is 1. The summed E-state index contributed by atoms with van der Waals surface area (Å²) in [5, 5.41) is 0. The normalized spacial score (nSPS) is 25.4. The number of rotatable bonds is 2. The summed E-state index contributed by atoms with van der Waals surface area (Å²) in [6, 6.07) is 3.89. The predicted octanol–water partition coefficient (Wildman–Crippen LogP) is 2.80. The maximum atomic E-state index is 13.7. The van der Waals surface area contributed by atoms with Crippen LogP contribution in [-0.4, -0.2) is 41.5 Å². The molecule has 116 valence electrons. The van der Waals surface area contributed by atoms with Crippen LogP contribution in [0.5, 0.6) is 0 Å². The molecule has 0 spiro atoms. The van der Waals surface area contributed by atoms with Gasteiger partial charge in [-0.15, -0.1) is 24.0 Å². The summed E-state index contributed by atoms with van der Waals surface area (Å²) in [4.78, 5) is 6.48. The second-order valence-electron chi connectivity index (χ2n) is 5.13. The Bertz CT molecular complexity index is 515. The first-order valence-electron chi connectivity index (χ1n) is 6.76. The van der Waals surface area contributed by atoms with E-state index in [0.717, 1.165) is 24.6 Å². The van der Waals surface area contributed by atoms with Crippen molar-refractivity contribution in [1.29, 1.82) is 0 Å². The van der Waals surface area contributed by atoms with Crippen molar-refractivity contribution in [2.24, 2.45) is 10.7 Å². The van der Waals surface area contributed by atoms with Crippen LogP contribution in [0.25, 0.3) is 0 Å². The minimum atomic E-state index is -0.486. The molecule has 1 aromatic carbocycles. The summed E-state index contributed by atoms with van der Waals surface area (Å²) < 4.78 is 27.3. The Hall–Kier alpha value is -0.570. The van der Waals surface area contributed by atoms with Crippen LogP contribution in [0.4, 0.5) is 8.78 Å². The van der Waals surface area contributed by atoms with Crippen molar-refractivity contribution in [2.75, 3.05) is 24.6 Å². The second-order valence-corrected chi connectivity index (χ2v) is 6.36. The van der Waals surface area contributed by atoms with Gasteiger partial charge in [-0.05, 0) is 18.6 Å². The van der Waals surface area contributed by atoms with E-state index < -0.39 is 11.6 Å². The topological polar surface area (TPSA) is 41.6 Å². The monoisotopic (exact) mass is 425 g/mol. The van der Waals surface area contributed by atoms with Gasteiger partial charge in [-0.1, -0.05) is 6.07 Å². The van der Waals surface area contributed by atoms with Gasteiger partial charge in [-0.2, -0.15) is 11.8 Å². The van der Waals surface area contributed by atoms with Gasteiger partial charge in [0.2, 0.25) is 0 Å². The standard InChI is InChI=1S/C14H17F2N3S.HI/c15-10-2-1-3-11(16)13(10)9-8-12(9)18-14(17)19-4-6-20-7-5-19;/h1-3,9,12H,4-8H2,(H2,17,18);1H. The van der Waals surface area contributed by atoms with E-state index in [1.165, 1.54) is 18.2 Å². The zero-order chi connectivity index (χ0) is 14.1. The molecule has 2 unspecified atom stereocenters. The Labute approximate surface area is 144 Å². The van der Waals surface area contributed by atoms with Crippen LogP contribution in [0.2, 0.25) is 0 Å². The first-order chi connectivity index (χ1) is 9.66. The first kappa shape index (κ1) is 16.8. The highest BCUT2D eigenvalue weighted by Gasteiger charge is 2.42. The summed E-state index contributed by atoms with van der Waals surface area (Å²) in [6.07, 6.45) is 0.668. The van der Waals surface area contributed by atoms with Crippen LogP contribution >= 0.6 is 35.7 Å². The maximum absolute atomic E-state index is 13.7. The molecular formula is C14H18F2IN3S. The van der Waals surface area contributed by atoms with Crippen molar-refractivity contribution in [3.8, 4) is 0 Å². The number of hydrogen-bond donors (Lipinski definition) is 1. The van der Waals surface area contributed by atoms with Crippen LogP contribution < -0.4 is 5.73 Å². The molecule has 2 atom stereocenters. The van der Waals surface area contributed by atoms with E-state index in [1.807, 2.05) is 16.7 Å². The van der Waals surface area contributed by atoms with Gasteiger partial charge in [-0.3, -0.25) is 0 Å². The molecule has 0 bridgehead atoms. The van der Waals surface area contributed by atoms with Crippen molar-refractivity contribution < 1.29 is 8.78 Å². The highest BCUT2D eigenvalue weighted by Crippen LogP contribution is 2.45. The third-order valence-electron chi connectivity index (χ3n) is 3.76. The summed E-state index contributed by atoms with van der Waals surface area (Å²) >= 11 is 1.90. The Morgan fingerprint density at radius 3 is 2.48 bits per heavy atom. The van der Waals surface area contributed by atoms with Gasteiger partial charge >= 0.3 is 0 Å². The largest absolute Gasteiger partial charge is 0.370 e. The molecule has 1 aromatic rings. The summed E-state index contributed by atoms with van der Waals surface area (Å²) in [5.41, 5.74) is 6.14. The lowest BCUT2D eigenvalue weighted by Crippen LogP contribution is -2.42. The molecule has 21 heavy (non-hydrogen) atoms. The third kappa shape index (κ3) is 3.80. The minimum Gasteiger partial charge on any atom is -0.370 e. The third-order valence-corrected chi connectivity index (χ3v) is 4.70. The van der Waals surface area contributed by atoms with Crippen molar-refractivity contribution in [1.82, 2.24) is 4.90 Å². The van der Waals surface area contributed by atoms with E-state index in [4.69, 9.17) is 5.73 Å². The van der Waals surface area contributed by atoms with E-state index in [0.29, 0.717) is 12.4 Å². The zero-order valence-corrected chi connectivity index (χ0v) is 14.6. The smallest absolute Gasteiger partial charge is 0.191 e. The lowest BCUT2D eigenvalue weighted by Gasteiger charge is -2.27. The molecule has 0 radical (unpaired) electrons. The van der Waals surface area contributed by atoms with Gasteiger partial charge in [0, 0.05) is 36.1 Å². The number of guanidine groups is 1. The molecule has 1 aliphatic carbocycles. The fourth-order valence-electron chi connectivity index (χ4n) is 2.54. The Kier molecular flexibility index (Phi) is 5.70. The van der Waals surface area contributed by atoms with Crippen molar-refractivity contribution >= 4 is 41.7 Å². The molecule has 2 aliphatic rings. The molecular weight excluding hydrogens is 407 g/mol. The quantitative estimate of drug-likeness (QED) is 0.450. The lowest BCUT2D eigenvalue weighted by molar-refractivity contribution is 0.455. The SMILES string of the molecule is I.NC(=NC1CC1c1c(F)cccc1F)N1CCSCC1. The Balaban J connectivity index is 0.00000161. The molecule has 1 saturated carbocycles. The first-order valence-corrected chi connectivity index (χ1v) is 7.92. The number of nitrogens with zero attached hydrogens (tertiary/aromatic N) is 2. The van der Waals surface area contributed by atoms with Crippen molar-refractivity contribution in [2.45, 2.75) is 18.4 Å². The van der Waals surface area contributed by atoms with E-state index in [-0.39, 0.29) is 41.5 Å². The van der Waals surface area contributed by atoms with Gasteiger partial charge in [-0.25, -0.2) is 13.8 Å². The lowest BCUT2D eigenvalue weighted by atomic mass is 10.1. The van der Waals surface area contributed by atoms with Gasteiger partial charge in [0.1, 0.15) is 11.6 Å². The van der Waals surface area contributed by atoms with Gasteiger partial charge in [0.15, 0.2) is 5.96 Å². The van der Waals surface area contributed by atoms with E-state index in [1.54, 1.807) is 0 Å². The average Bonchev–Trinajstić information content (AvgIpc) is 3.18. The van der Waals surface area contributed by atoms with Crippen LogP contribution in [-0.2, 0) is 0 Å². The molecule has 0 amide bonds. The summed E-state index contributed by atoms with van der Waals surface area (Å²) in [7, 11) is 0. The maximum Gasteiger partial charge on any atom is 0.191 e. The van der Waals surface area contributed by atoms with E-state index >= 15 is 0 Å². The number of halogens is 3. The van der Waals surface area contributed by atoms with Crippen LogP contribution in [0.15, 0.2) is 23.2 Å². The van der Waals surface area contributed by atoms with Crippen molar-refractivity contribution in [3.63, 3.8) is 0 Å². The van der Waals surface area contributed by atoms with Crippen LogP contribution in [0.1, 0.15) is 17.9 Å². The van der Waals surface area contributed by atoms with Gasteiger partial charge in [0.25, 0.3) is 0 Å². The molecule has 1 aliphatic heterocycles. The summed E-state index contributed by atoms with van der Waals surface area (Å²) in [6.45, 7) is 1.79. The molecule has 7 heteroatoms. The molecule has 1 saturated heterocycles. The number of hydrogen-bond acceptors (Lipinski definition) is 2. The Morgan fingerprint density at radius 2 is 1.86 bits per heavy atom. The van der Waals surface area contributed by atoms with Gasteiger partial charge in [0.05, 0.1) is 6.04 Å². The van der Waals surface area contributed by atoms with Crippen LogP contribution in [0, 0.1) is 11.6 Å². The fourth-order valence-corrected chi connectivity index (χ4v) is 3.45. The number of aliphatic imine (C=N–C) groups is 1. The fraction of sp³-hybridized carbons (Fsp3) is 0.500. The molecule has 2 N–H and O–H groups in total. The van der Waals surface area contributed by atoms with E-state index in [2.05, 4.69) is 4.99 Å².